The van der Waals surface area contributed by atoms with E-state index in [0.717, 1.165) is 23.6 Å². The van der Waals surface area contributed by atoms with Gasteiger partial charge < -0.3 is 14.9 Å². The van der Waals surface area contributed by atoms with Gasteiger partial charge in [-0.25, -0.2) is 0 Å². The monoisotopic (exact) mass is 267 g/mol. The van der Waals surface area contributed by atoms with Crippen LogP contribution >= 0.6 is 11.6 Å². The Balaban J connectivity index is 1.82. The van der Waals surface area contributed by atoms with E-state index in [4.69, 9.17) is 11.6 Å². The second-order valence-electron chi connectivity index (χ2n) is 3.95. The second kappa shape index (κ2) is 5.84. The summed E-state index contributed by atoms with van der Waals surface area (Å²) in [5, 5.41) is 18.7. The molecule has 1 aromatic heterocycles. The highest BCUT2D eigenvalue weighted by atomic mass is 35.5. The number of nitrogens with zero attached hydrogens (tertiary/aromatic N) is 2. The first kappa shape index (κ1) is 12.9. The zero-order valence-corrected chi connectivity index (χ0v) is 10.8. The smallest absolute Gasteiger partial charge is 0.246 e. The van der Waals surface area contributed by atoms with E-state index < -0.39 is 5.95 Å². The normalized spacial score (nSPS) is 10.8. The number of aryl methyl sites for hydroxylation is 1. The van der Waals surface area contributed by atoms with Gasteiger partial charge in [-0.1, -0.05) is 34.5 Å². The van der Waals surface area contributed by atoms with Crippen molar-refractivity contribution in [3.63, 3.8) is 0 Å². The van der Waals surface area contributed by atoms with Gasteiger partial charge in [-0.05, 0) is 24.6 Å². The van der Waals surface area contributed by atoms with E-state index in [2.05, 4.69) is 15.1 Å². The summed E-state index contributed by atoms with van der Waals surface area (Å²) in [4.78, 5) is 0. The molecular formula is C12H14ClN3O2. The van der Waals surface area contributed by atoms with Gasteiger partial charge in [-0.2, -0.15) is 0 Å². The third-order valence-electron chi connectivity index (χ3n) is 2.69. The average molecular weight is 268 g/mol. The molecule has 0 saturated heterocycles. The molecule has 0 bridgehead atoms. The predicted molar refractivity (Wildman–Crippen MR) is 64.0 cm³/mol. The van der Waals surface area contributed by atoms with Crippen LogP contribution in [-0.4, -0.2) is 11.8 Å². The molecule has 0 aliphatic heterocycles. The van der Waals surface area contributed by atoms with E-state index in [0.29, 0.717) is 12.2 Å². The van der Waals surface area contributed by atoms with Crippen molar-refractivity contribution in [1.82, 2.24) is 10.6 Å². The van der Waals surface area contributed by atoms with Crippen LogP contribution in [0.4, 0.5) is 0 Å². The van der Waals surface area contributed by atoms with Crippen molar-refractivity contribution >= 4 is 11.6 Å². The Morgan fingerprint density at radius 1 is 1.44 bits per heavy atom. The Morgan fingerprint density at radius 2 is 2.22 bits per heavy atom. The van der Waals surface area contributed by atoms with Crippen molar-refractivity contribution in [1.29, 1.82) is 0 Å². The zero-order valence-electron chi connectivity index (χ0n) is 10.0. The van der Waals surface area contributed by atoms with E-state index >= 15 is 0 Å². The minimum atomic E-state index is -0.400. The summed E-state index contributed by atoms with van der Waals surface area (Å²) in [5.41, 5.74) is 1.60. The molecule has 1 aromatic carbocycles. The van der Waals surface area contributed by atoms with Gasteiger partial charge in [-0.3, -0.25) is 0 Å². The highest BCUT2D eigenvalue weighted by Gasteiger charge is 2.11. The Bertz CT molecular complexity index is 508. The van der Waals surface area contributed by atoms with Crippen LogP contribution in [0.5, 0.6) is 5.95 Å². The lowest BCUT2D eigenvalue weighted by molar-refractivity contribution is -0.746. The lowest BCUT2D eigenvalue weighted by Crippen LogP contribution is -2.37. The van der Waals surface area contributed by atoms with E-state index in [1.807, 2.05) is 24.3 Å². The maximum Gasteiger partial charge on any atom is 0.246 e. The van der Waals surface area contributed by atoms with Crippen LogP contribution in [0.25, 0.3) is 0 Å². The summed E-state index contributed by atoms with van der Waals surface area (Å²) in [6, 6.07) is 7.71. The molecular weight excluding hydrogens is 254 g/mol. The van der Waals surface area contributed by atoms with Crippen molar-refractivity contribution in [3.8, 4) is 5.95 Å². The highest BCUT2D eigenvalue weighted by Crippen LogP contribution is 2.14. The zero-order chi connectivity index (χ0) is 13.0. The first-order chi connectivity index (χ1) is 8.68. The van der Waals surface area contributed by atoms with Crippen LogP contribution in [0.15, 0.2) is 28.8 Å². The minimum absolute atomic E-state index is 0.400. The highest BCUT2D eigenvalue weighted by molar-refractivity contribution is 6.31. The van der Waals surface area contributed by atoms with Crippen LogP contribution < -0.4 is 15.1 Å². The minimum Gasteiger partial charge on any atom is -0.539 e. The topological polar surface area (TPSA) is 65.0 Å². The van der Waals surface area contributed by atoms with Crippen molar-refractivity contribution in [2.75, 3.05) is 6.54 Å². The van der Waals surface area contributed by atoms with Gasteiger partial charge in [0.25, 0.3) is 0 Å². The van der Waals surface area contributed by atoms with Crippen molar-refractivity contribution in [3.05, 3.63) is 40.5 Å². The van der Waals surface area contributed by atoms with Gasteiger partial charge in [0, 0.05) is 5.02 Å². The molecule has 0 saturated carbocycles. The van der Waals surface area contributed by atoms with Gasteiger partial charge in [0.15, 0.2) is 13.0 Å². The standard InChI is InChI=1S/C12H14ClN3O2/c1-16-11(12(17)18-15-16)8-14-7-6-9-4-2-3-5-10(9)13/h2-5,14H,6-8H2,1H3. The fourth-order valence-electron chi connectivity index (χ4n) is 1.65. The molecule has 2 rings (SSSR count). The number of hydrogen-bond donors (Lipinski definition) is 1. The van der Waals surface area contributed by atoms with Gasteiger partial charge in [0.2, 0.25) is 5.69 Å². The van der Waals surface area contributed by atoms with Crippen LogP contribution in [0.3, 0.4) is 0 Å². The summed E-state index contributed by atoms with van der Waals surface area (Å²) < 4.78 is 5.96. The van der Waals surface area contributed by atoms with E-state index in [9.17, 15) is 5.11 Å². The maximum absolute atomic E-state index is 11.2. The molecule has 1 N–H and O–H groups in total. The van der Waals surface area contributed by atoms with Crippen molar-refractivity contribution in [2.45, 2.75) is 13.0 Å². The molecule has 0 unspecified atom stereocenters. The van der Waals surface area contributed by atoms with Crippen LogP contribution in [-0.2, 0) is 20.0 Å². The maximum atomic E-state index is 11.2. The third-order valence-corrected chi connectivity index (χ3v) is 3.06. The summed E-state index contributed by atoms with van der Waals surface area (Å²) in [7, 11) is 1.68. The van der Waals surface area contributed by atoms with E-state index in [1.54, 1.807) is 7.05 Å². The number of aromatic nitrogens is 2. The fraction of sp³-hybridized carbons (Fsp3) is 0.333. The Hall–Kier alpha value is -1.59. The number of rotatable bonds is 5. The predicted octanol–water partition coefficient (Wildman–Crippen LogP) is 0.558. The van der Waals surface area contributed by atoms with Crippen molar-refractivity contribution in [2.24, 2.45) is 7.05 Å². The molecule has 1 heterocycles. The van der Waals surface area contributed by atoms with Gasteiger partial charge in [0.1, 0.15) is 0 Å². The first-order valence-corrected chi connectivity index (χ1v) is 6.02. The average Bonchev–Trinajstić information content (AvgIpc) is 2.67. The third kappa shape index (κ3) is 3.00. The van der Waals surface area contributed by atoms with Crippen LogP contribution in [0.2, 0.25) is 5.02 Å². The molecule has 5 nitrogen and oxygen atoms in total. The summed E-state index contributed by atoms with van der Waals surface area (Å²) in [5.74, 6) is -0.400. The number of benzene rings is 1. The van der Waals surface area contributed by atoms with Crippen molar-refractivity contribution < 1.29 is 14.3 Å². The Kier molecular flexibility index (Phi) is 4.17. The fourth-order valence-corrected chi connectivity index (χ4v) is 1.88. The molecule has 0 spiro atoms. The van der Waals surface area contributed by atoms with Gasteiger partial charge >= 0.3 is 0 Å². The summed E-state index contributed by atoms with van der Waals surface area (Å²) in [6.07, 6.45) is 0.808. The first-order valence-electron chi connectivity index (χ1n) is 5.64. The summed E-state index contributed by atoms with van der Waals surface area (Å²) in [6.45, 7) is 1.16. The number of nitrogens with one attached hydrogen (secondary N) is 1. The molecule has 18 heavy (non-hydrogen) atoms. The largest absolute Gasteiger partial charge is 0.539 e. The molecule has 0 radical (unpaired) electrons. The van der Waals surface area contributed by atoms with E-state index in [-0.39, 0.29) is 0 Å². The Labute approximate surface area is 110 Å². The number of hydrogen-bond acceptors (Lipinski definition) is 4. The number of halogens is 1. The Morgan fingerprint density at radius 3 is 2.89 bits per heavy atom. The SMILES string of the molecule is C[n+]1noc([O-])c1CNCCc1ccccc1Cl. The lowest BCUT2D eigenvalue weighted by atomic mass is 10.1. The molecule has 6 heteroatoms. The lowest BCUT2D eigenvalue weighted by Gasteiger charge is -2.04. The van der Waals surface area contributed by atoms with Crippen LogP contribution in [0.1, 0.15) is 11.3 Å². The van der Waals surface area contributed by atoms with E-state index in [1.165, 1.54) is 4.68 Å². The molecule has 0 atom stereocenters. The quantitative estimate of drug-likeness (QED) is 0.635. The molecule has 0 amide bonds. The molecule has 0 aliphatic rings. The molecule has 2 aromatic rings. The van der Waals surface area contributed by atoms with Crippen LogP contribution in [0, 0.1) is 0 Å². The van der Waals surface area contributed by atoms with Gasteiger partial charge in [-0.15, -0.1) is 0 Å². The second-order valence-corrected chi connectivity index (χ2v) is 4.36. The molecule has 0 fully saturated rings. The molecule has 0 aliphatic carbocycles. The summed E-state index contributed by atoms with van der Waals surface area (Å²) >= 11 is 6.05. The molecule has 96 valence electrons. The van der Waals surface area contributed by atoms with Gasteiger partial charge in [0.05, 0.1) is 11.8 Å².